The monoisotopic (exact) mass is 228 g/mol. The van der Waals surface area contributed by atoms with Gasteiger partial charge in [0.1, 0.15) is 0 Å². The summed E-state index contributed by atoms with van der Waals surface area (Å²) in [5.41, 5.74) is 0.891. The Morgan fingerprint density at radius 3 is 2.47 bits per heavy atom. The molecule has 1 unspecified atom stereocenters. The summed E-state index contributed by atoms with van der Waals surface area (Å²) in [4.78, 5) is 0.288. The second-order valence-electron chi connectivity index (χ2n) is 3.12. The van der Waals surface area contributed by atoms with Gasteiger partial charge in [-0.05, 0) is 48.2 Å². The van der Waals surface area contributed by atoms with E-state index in [1.54, 1.807) is 24.3 Å². The van der Waals surface area contributed by atoms with Crippen LogP contribution in [-0.2, 0) is 11.1 Å². The molecule has 0 fully saturated rings. The zero-order valence-electron chi connectivity index (χ0n) is 8.31. The van der Waals surface area contributed by atoms with E-state index in [-0.39, 0.29) is 11.5 Å². The summed E-state index contributed by atoms with van der Waals surface area (Å²) >= 11 is -2.16. The first-order valence-corrected chi connectivity index (χ1v) is 5.85. The van der Waals surface area contributed by atoms with Crippen LogP contribution in [0.2, 0.25) is 0 Å². The van der Waals surface area contributed by atoms with Crippen molar-refractivity contribution in [3.05, 3.63) is 24.3 Å². The van der Waals surface area contributed by atoms with E-state index < -0.39 is 11.1 Å². The largest absolute Gasteiger partial charge is 0.768 e. The van der Waals surface area contributed by atoms with E-state index in [0.717, 1.165) is 25.1 Å². The van der Waals surface area contributed by atoms with E-state index in [9.17, 15) is 8.76 Å². The lowest BCUT2D eigenvalue weighted by molar-refractivity contribution is 0.286. The maximum atomic E-state index is 10.6. The van der Waals surface area contributed by atoms with Crippen LogP contribution in [0.15, 0.2) is 29.2 Å². The Morgan fingerprint density at radius 1 is 1.27 bits per heavy atom. The number of aliphatic hydroxyl groups excluding tert-OH is 1. The van der Waals surface area contributed by atoms with Crippen molar-refractivity contribution < 1.29 is 13.9 Å². The molecule has 0 spiro atoms. The second-order valence-corrected chi connectivity index (χ2v) is 4.06. The van der Waals surface area contributed by atoms with E-state index in [1.165, 1.54) is 0 Å². The smallest absolute Gasteiger partial charge is 0.0431 e. The van der Waals surface area contributed by atoms with Crippen molar-refractivity contribution in [2.45, 2.75) is 17.7 Å². The van der Waals surface area contributed by atoms with Crippen LogP contribution in [0.1, 0.15) is 12.8 Å². The van der Waals surface area contributed by atoms with Gasteiger partial charge in [-0.15, -0.1) is 0 Å². The average molecular weight is 228 g/mol. The van der Waals surface area contributed by atoms with Crippen LogP contribution in [0.4, 0.5) is 5.69 Å². The van der Waals surface area contributed by atoms with Gasteiger partial charge in [0, 0.05) is 23.7 Å². The lowest BCUT2D eigenvalue weighted by Gasteiger charge is -2.08. The number of nitrogens with one attached hydrogen (secondary N) is 1. The van der Waals surface area contributed by atoms with E-state index in [2.05, 4.69) is 5.32 Å². The van der Waals surface area contributed by atoms with Crippen LogP contribution in [0, 0.1) is 0 Å². The Balaban J connectivity index is 2.39. The third-order valence-corrected chi connectivity index (χ3v) is 2.62. The van der Waals surface area contributed by atoms with Gasteiger partial charge in [0.15, 0.2) is 0 Å². The first-order valence-electron chi connectivity index (χ1n) is 4.78. The Kier molecular flexibility index (Phi) is 5.31. The number of hydrogen-bond acceptors (Lipinski definition) is 4. The van der Waals surface area contributed by atoms with Gasteiger partial charge < -0.3 is 15.0 Å². The summed E-state index contributed by atoms with van der Waals surface area (Å²) in [7, 11) is 0. The highest BCUT2D eigenvalue weighted by molar-refractivity contribution is 7.79. The molecule has 0 aromatic heterocycles. The predicted octanol–water partition coefficient (Wildman–Crippen LogP) is 1.11. The molecular formula is C10H14NO3S-. The lowest BCUT2D eigenvalue weighted by Crippen LogP contribution is -2.02. The molecule has 1 rings (SSSR count). The summed E-state index contributed by atoms with van der Waals surface area (Å²) < 4.78 is 21.1. The quantitative estimate of drug-likeness (QED) is 0.565. The zero-order chi connectivity index (χ0) is 11.1. The van der Waals surface area contributed by atoms with Crippen molar-refractivity contribution in [2.75, 3.05) is 18.5 Å². The third-order valence-electron chi connectivity index (χ3n) is 1.96. The fourth-order valence-electron chi connectivity index (χ4n) is 1.15. The van der Waals surface area contributed by atoms with E-state index in [0.29, 0.717) is 0 Å². The van der Waals surface area contributed by atoms with Crippen LogP contribution in [-0.4, -0.2) is 27.0 Å². The minimum atomic E-state index is -2.16. The highest BCUT2D eigenvalue weighted by Crippen LogP contribution is 2.11. The molecule has 0 aliphatic carbocycles. The molecule has 4 nitrogen and oxygen atoms in total. The highest BCUT2D eigenvalue weighted by atomic mass is 32.2. The van der Waals surface area contributed by atoms with Gasteiger partial charge in [-0.2, -0.15) is 0 Å². The molecule has 84 valence electrons. The van der Waals surface area contributed by atoms with Crippen molar-refractivity contribution in [3.63, 3.8) is 0 Å². The molecule has 0 aliphatic rings. The molecule has 15 heavy (non-hydrogen) atoms. The van der Waals surface area contributed by atoms with Gasteiger partial charge in [-0.1, -0.05) is 0 Å². The molecule has 0 aliphatic heterocycles. The molecule has 0 radical (unpaired) electrons. The highest BCUT2D eigenvalue weighted by Gasteiger charge is 1.94. The van der Waals surface area contributed by atoms with Crippen LogP contribution in [0.25, 0.3) is 0 Å². The van der Waals surface area contributed by atoms with Crippen molar-refractivity contribution >= 4 is 16.8 Å². The van der Waals surface area contributed by atoms with E-state index in [1.807, 2.05) is 0 Å². The van der Waals surface area contributed by atoms with Gasteiger partial charge in [-0.3, -0.25) is 4.21 Å². The van der Waals surface area contributed by atoms with Crippen LogP contribution >= 0.6 is 0 Å². The van der Waals surface area contributed by atoms with Gasteiger partial charge in [-0.25, -0.2) is 0 Å². The molecule has 0 bridgehead atoms. The molecule has 0 saturated carbocycles. The molecule has 5 heteroatoms. The second kappa shape index (κ2) is 6.55. The van der Waals surface area contributed by atoms with Crippen molar-refractivity contribution in [1.82, 2.24) is 0 Å². The maximum absolute atomic E-state index is 10.6. The summed E-state index contributed by atoms with van der Waals surface area (Å²) in [5, 5.41) is 11.7. The molecule has 2 N–H and O–H groups in total. The van der Waals surface area contributed by atoms with Gasteiger partial charge in [0.05, 0.1) is 0 Å². The number of unbranched alkanes of at least 4 members (excludes halogenated alkanes) is 1. The van der Waals surface area contributed by atoms with Crippen LogP contribution in [0.5, 0.6) is 0 Å². The Morgan fingerprint density at radius 2 is 1.93 bits per heavy atom. The number of rotatable bonds is 6. The van der Waals surface area contributed by atoms with Crippen molar-refractivity contribution in [3.8, 4) is 0 Å². The SMILES string of the molecule is O=S([O-])c1ccc(NCCCCO)cc1. The van der Waals surface area contributed by atoms with Gasteiger partial charge in [0.2, 0.25) is 0 Å². The standard InChI is InChI=1S/C10H15NO3S/c12-8-2-1-7-11-9-3-5-10(6-4-9)15(13)14/h3-6,11-12H,1-2,7-8H2,(H,13,14)/p-1. The first kappa shape index (κ1) is 12.2. The molecule has 1 atom stereocenters. The van der Waals surface area contributed by atoms with Crippen LogP contribution < -0.4 is 5.32 Å². The Bertz CT molecular complexity index is 313. The number of benzene rings is 1. The van der Waals surface area contributed by atoms with E-state index in [4.69, 9.17) is 5.11 Å². The molecule has 1 aromatic carbocycles. The molecule has 1 aromatic rings. The molecular weight excluding hydrogens is 214 g/mol. The summed E-state index contributed by atoms with van der Waals surface area (Å²) in [6.45, 7) is 0.982. The number of hydrogen-bond donors (Lipinski definition) is 2. The maximum Gasteiger partial charge on any atom is 0.0431 e. The zero-order valence-corrected chi connectivity index (χ0v) is 9.13. The number of anilines is 1. The van der Waals surface area contributed by atoms with Crippen molar-refractivity contribution in [1.29, 1.82) is 0 Å². The fraction of sp³-hybridized carbons (Fsp3) is 0.400. The normalized spacial score (nSPS) is 12.4. The minimum absolute atomic E-state index is 0.204. The third kappa shape index (κ3) is 4.42. The predicted molar refractivity (Wildman–Crippen MR) is 58.4 cm³/mol. The number of aliphatic hydroxyl groups is 1. The Labute approximate surface area is 91.6 Å². The summed E-state index contributed by atoms with van der Waals surface area (Å²) in [6.07, 6.45) is 1.67. The average Bonchev–Trinajstić information content (AvgIpc) is 2.25. The summed E-state index contributed by atoms with van der Waals surface area (Å²) in [6, 6.07) is 6.56. The topological polar surface area (TPSA) is 72.4 Å². The molecule has 0 saturated heterocycles. The van der Waals surface area contributed by atoms with Gasteiger partial charge >= 0.3 is 0 Å². The van der Waals surface area contributed by atoms with Crippen LogP contribution in [0.3, 0.4) is 0 Å². The van der Waals surface area contributed by atoms with Gasteiger partial charge in [0.25, 0.3) is 0 Å². The minimum Gasteiger partial charge on any atom is -0.768 e. The molecule has 0 heterocycles. The Hall–Kier alpha value is -0.910. The fourth-order valence-corrected chi connectivity index (χ4v) is 1.51. The molecule has 0 amide bonds. The lowest BCUT2D eigenvalue weighted by atomic mass is 10.3. The van der Waals surface area contributed by atoms with Crippen molar-refractivity contribution in [2.24, 2.45) is 0 Å². The summed E-state index contributed by atoms with van der Waals surface area (Å²) in [5.74, 6) is 0. The van der Waals surface area contributed by atoms with E-state index >= 15 is 0 Å². The first-order chi connectivity index (χ1) is 7.24.